The molecular weight excluding hydrogens is 212 g/mol. The minimum Gasteiger partial charge on any atom is -0.330 e. The monoisotopic (exact) mass is 238 g/mol. The fraction of sp³-hybridized carbons (Fsp3) is 0.769. The minimum atomic E-state index is 0.178. The SMILES string of the molecule is CCCN(Cc1cnn(C)c1)CC(C)(C)CN. The highest BCUT2D eigenvalue weighted by atomic mass is 15.2. The smallest absolute Gasteiger partial charge is 0.0534 e. The molecule has 0 unspecified atom stereocenters. The van der Waals surface area contributed by atoms with Gasteiger partial charge in [0.15, 0.2) is 0 Å². The lowest BCUT2D eigenvalue weighted by molar-refractivity contribution is 0.176. The molecule has 0 atom stereocenters. The number of nitrogens with two attached hydrogens (primary N) is 1. The molecule has 0 saturated carbocycles. The molecule has 0 aliphatic rings. The number of nitrogens with zero attached hydrogens (tertiary/aromatic N) is 3. The highest BCUT2D eigenvalue weighted by molar-refractivity contribution is 5.03. The molecule has 98 valence electrons. The Labute approximate surface area is 105 Å². The van der Waals surface area contributed by atoms with Crippen molar-refractivity contribution in [1.29, 1.82) is 0 Å². The summed E-state index contributed by atoms with van der Waals surface area (Å²) in [5, 5.41) is 4.21. The second kappa shape index (κ2) is 6.17. The lowest BCUT2D eigenvalue weighted by Crippen LogP contribution is -2.38. The van der Waals surface area contributed by atoms with Crippen LogP contribution in [0.25, 0.3) is 0 Å². The quantitative estimate of drug-likeness (QED) is 0.785. The van der Waals surface area contributed by atoms with E-state index in [1.54, 1.807) is 0 Å². The summed E-state index contributed by atoms with van der Waals surface area (Å²) < 4.78 is 1.85. The third-order valence-electron chi connectivity index (χ3n) is 2.91. The normalized spacial score (nSPS) is 12.4. The summed E-state index contributed by atoms with van der Waals surface area (Å²) >= 11 is 0. The summed E-state index contributed by atoms with van der Waals surface area (Å²) in [6, 6.07) is 0. The zero-order chi connectivity index (χ0) is 12.9. The maximum atomic E-state index is 5.81. The van der Waals surface area contributed by atoms with E-state index in [-0.39, 0.29) is 5.41 Å². The van der Waals surface area contributed by atoms with Gasteiger partial charge in [0.2, 0.25) is 0 Å². The fourth-order valence-electron chi connectivity index (χ4n) is 2.01. The molecule has 0 aromatic carbocycles. The van der Waals surface area contributed by atoms with Crippen LogP contribution in [0.15, 0.2) is 12.4 Å². The van der Waals surface area contributed by atoms with Crippen LogP contribution >= 0.6 is 0 Å². The molecule has 0 saturated heterocycles. The second-order valence-electron chi connectivity index (χ2n) is 5.60. The van der Waals surface area contributed by atoms with Gasteiger partial charge in [-0.15, -0.1) is 0 Å². The molecule has 0 amide bonds. The van der Waals surface area contributed by atoms with Crippen LogP contribution in [0.4, 0.5) is 0 Å². The lowest BCUT2D eigenvalue weighted by Gasteiger charge is -2.31. The van der Waals surface area contributed by atoms with Crippen molar-refractivity contribution in [3.63, 3.8) is 0 Å². The molecule has 0 bridgehead atoms. The Morgan fingerprint density at radius 1 is 1.47 bits per heavy atom. The van der Waals surface area contributed by atoms with Crippen molar-refractivity contribution >= 4 is 0 Å². The van der Waals surface area contributed by atoms with Crippen molar-refractivity contribution in [2.75, 3.05) is 19.6 Å². The zero-order valence-corrected chi connectivity index (χ0v) is 11.6. The maximum Gasteiger partial charge on any atom is 0.0534 e. The maximum absolute atomic E-state index is 5.81. The molecule has 4 nitrogen and oxygen atoms in total. The molecule has 4 heteroatoms. The molecule has 1 heterocycles. The molecule has 0 aliphatic carbocycles. The topological polar surface area (TPSA) is 47.1 Å². The third kappa shape index (κ3) is 4.88. The first-order valence-corrected chi connectivity index (χ1v) is 6.37. The van der Waals surface area contributed by atoms with Gasteiger partial charge in [-0.1, -0.05) is 20.8 Å². The van der Waals surface area contributed by atoms with Crippen LogP contribution in [0.3, 0.4) is 0 Å². The summed E-state index contributed by atoms with van der Waals surface area (Å²) in [5.41, 5.74) is 7.26. The van der Waals surface area contributed by atoms with Gasteiger partial charge in [0.25, 0.3) is 0 Å². The predicted octanol–water partition coefficient (Wildman–Crippen LogP) is 1.62. The Kier molecular flexibility index (Phi) is 5.15. The van der Waals surface area contributed by atoms with Gasteiger partial charge in [-0.25, -0.2) is 0 Å². The molecule has 17 heavy (non-hydrogen) atoms. The second-order valence-corrected chi connectivity index (χ2v) is 5.60. The van der Waals surface area contributed by atoms with E-state index in [0.717, 1.165) is 26.2 Å². The summed E-state index contributed by atoms with van der Waals surface area (Å²) in [4.78, 5) is 2.46. The van der Waals surface area contributed by atoms with Crippen LogP contribution < -0.4 is 5.73 Å². The molecule has 1 rings (SSSR count). The van der Waals surface area contributed by atoms with Gasteiger partial charge in [-0.2, -0.15) is 5.10 Å². The van der Waals surface area contributed by atoms with Gasteiger partial charge in [0, 0.05) is 31.9 Å². The van der Waals surface area contributed by atoms with Gasteiger partial charge in [-0.05, 0) is 24.9 Å². The van der Waals surface area contributed by atoms with E-state index in [1.807, 2.05) is 17.9 Å². The van der Waals surface area contributed by atoms with Gasteiger partial charge in [0.1, 0.15) is 0 Å². The molecular formula is C13H26N4. The van der Waals surface area contributed by atoms with E-state index < -0.39 is 0 Å². The third-order valence-corrected chi connectivity index (χ3v) is 2.91. The summed E-state index contributed by atoms with van der Waals surface area (Å²) in [6.45, 7) is 10.5. The molecule has 0 radical (unpaired) electrons. The first-order valence-electron chi connectivity index (χ1n) is 6.37. The van der Waals surface area contributed by atoms with Crippen molar-refractivity contribution in [2.45, 2.75) is 33.7 Å². The van der Waals surface area contributed by atoms with Crippen molar-refractivity contribution in [3.05, 3.63) is 18.0 Å². The van der Waals surface area contributed by atoms with E-state index in [0.29, 0.717) is 0 Å². The van der Waals surface area contributed by atoms with Crippen LogP contribution in [0.2, 0.25) is 0 Å². The first-order chi connectivity index (χ1) is 7.96. The minimum absolute atomic E-state index is 0.178. The van der Waals surface area contributed by atoms with Crippen molar-refractivity contribution in [3.8, 4) is 0 Å². The highest BCUT2D eigenvalue weighted by Gasteiger charge is 2.20. The van der Waals surface area contributed by atoms with Crippen LogP contribution in [0.5, 0.6) is 0 Å². The zero-order valence-electron chi connectivity index (χ0n) is 11.6. The predicted molar refractivity (Wildman–Crippen MR) is 71.6 cm³/mol. The number of rotatable bonds is 7. The van der Waals surface area contributed by atoms with Gasteiger partial charge in [-0.3, -0.25) is 9.58 Å². The Morgan fingerprint density at radius 2 is 2.18 bits per heavy atom. The largest absolute Gasteiger partial charge is 0.330 e. The Hall–Kier alpha value is -0.870. The fourth-order valence-corrected chi connectivity index (χ4v) is 2.01. The lowest BCUT2D eigenvalue weighted by atomic mass is 9.93. The molecule has 1 aromatic heterocycles. The van der Waals surface area contributed by atoms with Crippen LogP contribution in [0, 0.1) is 5.41 Å². The van der Waals surface area contributed by atoms with Gasteiger partial charge in [0.05, 0.1) is 6.20 Å². The number of hydrogen-bond donors (Lipinski definition) is 1. The molecule has 1 aromatic rings. The summed E-state index contributed by atoms with van der Waals surface area (Å²) in [7, 11) is 1.96. The van der Waals surface area contributed by atoms with Crippen LogP contribution in [0.1, 0.15) is 32.8 Å². The highest BCUT2D eigenvalue weighted by Crippen LogP contribution is 2.17. The van der Waals surface area contributed by atoms with E-state index >= 15 is 0 Å². The first kappa shape index (κ1) is 14.2. The molecule has 0 fully saturated rings. The van der Waals surface area contributed by atoms with E-state index in [9.17, 15) is 0 Å². The van der Waals surface area contributed by atoms with Gasteiger partial charge < -0.3 is 5.73 Å². The van der Waals surface area contributed by atoms with Crippen molar-refractivity contribution < 1.29 is 0 Å². The summed E-state index contributed by atoms with van der Waals surface area (Å²) in [5.74, 6) is 0. The molecule has 0 aliphatic heterocycles. The standard InChI is InChI=1S/C13H26N4/c1-5-6-17(11-13(2,3)10-14)9-12-7-15-16(4)8-12/h7-8H,5-6,9-11,14H2,1-4H3. The number of hydrogen-bond acceptors (Lipinski definition) is 3. The molecule has 2 N–H and O–H groups in total. The number of aromatic nitrogens is 2. The van der Waals surface area contributed by atoms with Gasteiger partial charge >= 0.3 is 0 Å². The van der Waals surface area contributed by atoms with E-state index in [1.165, 1.54) is 12.0 Å². The van der Waals surface area contributed by atoms with Crippen LogP contribution in [-0.4, -0.2) is 34.3 Å². The Bertz CT molecular complexity index is 330. The van der Waals surface area contributed by atoms with Crippen molar-refractivity contribution in [2.24, 2.45) is 18.2 Å². The van der Waals surface area contributed by atoms with Crippen LogP contribution in [-0.2, 0) is 13.6 Å². The average molecular weight is 238 g/mol. The number of aryl methyl sites for hydroxylation is 1. The average Bonchev–Trinajstić information content (AvgIpc) is 2.64. The Morgan fingerprint density at radius 3 is 2.65 bits per heavy atom. The van der Waals surface area contributed by atoms with E-state index in [2.05, 4.69) is 37.0 Å². The Balaban J connectivity index is 2.60. The van der Waals surface area contributed by atoms with Crippen molar-refractivity contribution in [1.82, 2.24) is 14.7 Å². The molecule has 0 spiro atoms. The summed E-state index contributed by atoms with van der Waals surface area (Å²) in [6.07, 6.45) is 5.19. The van der Waals surface area contributed by atoms with E-state index in [4.69, 9.17) is 5.73 Å².